The summed E-state index contributed by atoms with van der Waals surface area (Å²) in [6.07, 6.45) is 0. The first-order valence-corrected chi connectivity index (χ1v) is 7.25. The van der Waals surface area contributed by atoms with Gasteiger partial charge in [-0.2, -0.15) is 0 Å². The minimum atomic E-state index is -1.02. The van der Waals surface area contributed by atoms with E-state index in [1.165, 1.54) is 18.2 Å². The van der Waals surface area contributed by atoms with Gasteiger partial charge in [-0.15, -0.1) is 0 Å². The number of benzene rings is 1. The standard InChI is InChI=1S/C17H14FNO6/c1-23-17(22)13-12(8-3-2-4-9(18)5-8)15-14(25-16(13)19)11(21)6-10(7-20)24-15/h2-6,12,20H,7,19H2,1H3/t12-/m0/s1. The zero-order chi connectivity index (χ0) is 18.1. The van der Waals surface area contributed by atoms with Crippen molar-refractivity contribution in [2.75, 3.05) is 7.11 Å². The quantitative estimate of drug-likeness (QED) is 0.801. The van der Waals surface area contributed by atoms with E-state index in [2.05, 4.69) is 0 Å². The lowest BCUT2D eigenvalue weighted by atomic mass is 9.86. The minimum absolute atomic E-state index is 0.0292. The first-order valence-electron chi connectivity index (χ1n) is 7.25. The molecule has 0 amide bonds. The molecule has 0 aliphatic carbocycles. The number of methoxy groups -OCH3 is 1. The molecule has 0 unspecified atom stereocenters. The lowest BCUT2D eigenvalue weighted by molar-refractivity contribution is -0.136. The van der Waals surface area contributed by atoms with Crippen LogP contribution in [0.1, 0.15) is 23.0 Å². The molecule has 0 saturated carbocycles. The summed E-state index contributed by atoms with van der Waals surface area (Å²) in [5.74, 6) is -3.03. The Bertz CT molecular complexity index is 933. The molecule has 0 bridgehead atoms. The Morgan fingerprint density at radius 2 is 2.16 bits per heavy atom. The zero-order valence-electron chi connectivity index (χ0n) is 13.1. The van der Waals surface area contributed by atoms with Crippen molar-refractivity contribution in [1.29, 1.82) is 0 Å². The zero-order valence-corrected chi connectivity index (χ0v) is 13.1. The SMILES string of the molecule is COC(=O)C1=C(N)Oc2c(oc(CO)cc2=O)[C@H]1c1cccc(F)c1. The van der Waals surface area contributed by atoms with Gasteiger partial charge in [-0.1, -0.05) is 12.1 Å². The number of hydrogen-bond donors (Lipinski definition) is 2. The van der Waals surface area contributed by atoms with Crippen molar-refractivity contribution < 1.29 is 28.2 Å². The summed E-state index contributed by atoms with van der Waals surface area (Å²) in [7, 11) is 1.15. The second-order valence-corrected chi connectivity index (χ2v) is 5.29. The first-order chi connectivity index (χ1) is 12.0. The second-order valence-electron chi connectivity index (χ2n) is 5.29. The van der Waals surface area contributed by atoms with Gasteiger partial charge in [-0.05, 0) is 17.7 Å². The number of nitrogens with two attached hydrogens (primary N) is 1. The van der Waals surface area contributed by atoms with Gasteiger partial charge < -0.3 is 24.7 Å². The Morgan fingerprint density at radius 1 is 1.40 bits per heavy atom. The Kier molecular flexibility index (Phi) is 4.28. The van der Waals surface area contributed by atoms with Crippen LogP contribution in [0.4, 0.5) is 4.39 Å². The normalized spacial score (nSPS) is 16.2. The van der Waals surface area contributed by atoms with Crippen LogP contribution in [-0.2, 0) is 16.1 Å². The van der Waals surface area contributed by atoms with Gasteiger partial charge in [0.25, 0.3) is 0 Å². The topological polar surface area (TPSA) is 112 Å². The molecule has 0 saturated heterocycles. The monoisotopic (exact) mass is 347 g/mol. The maximum absolute atomic E-state index is 13.7. The molecule has 1 aliphatic heterocycles. The highest BCUT2D eigenvalue weighted by Gasteiger charge is 2.39. The van der Waals surface area contributed by atoms with E-state index < -0.39 is 29.7 Å². The van der Waals surface area contributed by atoms with Gasteiger partial charge in [0.05, 0.1) is 13.0 Å². The number of carbonyl (C=O) groups excluding carboxylic acids is 1. The van der Waals surface area contributed by atoms with Gasteiger partial charge in [0.1, 0.15) is 23.8 Å². The highest BCUT2D eigenvalue weighted by Crippen LogP contribution is 2.41. The van der Waals surface area contributed by atoms with E-state index in [9.17, 15) is 19.1 Å². The van der Waals surface area contributed by atoms with Crippen LogP contribution in [-0.4, -0.2) is 18.2 Å². The summed E-state index contributed by atoms with van der Waals surface area (Å²) in [6.45, 7) is -0.537. The number of aliphatic hydroxyl groups is 1. The molecule has 3 rings (SSSR count). The van der Waals surface area contributed by atoms with Crippen LogP contribution in [0.15, 0.2) is 51.0 Å². The van der Waals surface area contributed by atoms with Crippen molar-refractivity contribution >= 4 is 5.97 Å². The van der Waals surface area contributed by atoms with E-state index in [-0.39, 0.29) is 28.7 Å². The number of aliphatic hydroxyl groups excluding tert-OH is 1. The average molecular weight is 347 g/mol. The van der Waals surface area contributed by atoms with Crippen LogP contribution in [0.25, 0.3) is 0 Å². The fraction of sp³-hybridized carbons (Fsp3) is 0.176. The summed E-state index contributed by atoms with van der Waals surface area (Å²) in [4.78, 5) is 24.4. The smallest absolute Gasteiger partial charge is 0.340 e. The summed E-state index contributed by atoms with van der Waals surface area (Å²) in [5.41, 5.74) is 5.41. The van der Waals surface area contributed by atoms with Gasteiger partial charge >= 0.3 is 5.97 Å². The van der Waals surface area contributed by atoms with Crippen LogP contribution in [0.3, 0.4) is 0 Å². The number of fused-ring (bicyclic) bond motifs is 1. The van der Waals surface area contributed by atoms with Crippen molar-refractivity contribution in [3.63, 3.8) is 0 Å². The van der Waals surface area contributed by atoms with Crippen LogP contribution in [0.5, 0.6) is 5.75 Å². The number of esters is 1. The molecule has 7 nitrogen and oxygen atoms in total. The van der Waals surface area contributed by atoms with Gasteiger partial charge in [0.15, 0.2) is 5.76 Å². The maximum Gasteiger partial charge on any atom is 0.340 e. The number of halogens is 1. The summed E-state index contributed by atoms with van der Waals surface area (Å²) < 4.78 is 29.2. The Balaban J connectivity index is 2.31. The molecule has 0 fully saturated rings. The molecule has 3 N–H and O–H groups in total. The van der Waals surface area contributed by atoms with Crippen molar-refractivity contribution in [2.24, 2.45) is 5.73 Å². The Morgan fingerprint density at radius 3 is 2.80 bits per heavy atom. The number of ether oxygens (including phenoxy) is 2. The lowest BCUT2D eigenvalue weighted by Crippen LogP contribution is -2.29. The Hall–Kier alpha value is -3.13. The van der Waals surface area contributed by atoms with Gasteiger partial charge in [0.2, 0.25) is 17.1 Å². The predicted molar refractivity (Wildman–Crippen MR) is 83.0 cm³/mol. The predicted octanol–water partition coefficient (Wildman–Crippen LogP) is 1.14. The van der Waals surface area contributed by atoms with Crippen LogP contribution in [0.2, 0.25) is 0 Å². The molecule has 2 heterocycles. The molecule has 0 radical (unpaired) electrons. The molecule has 1 aliphatic rings. The van der Waals surface area contributed by atoms with E-state index in [0.29, 0.717) is 5.56 Å². The third kappa shape index (κ3) is 2.87. The average Bonchev–Trinajstić information content (AvgIpc) is 2.60. The first kappa shape index (κ1) is 16.7. The molecule has 0 spiro atoms. The molecule has 130 valence electrons. The summed E-state index contributed by atoms with van der Waals surface area (Å²) in [5, 5.41) is 9.28. The molecule has 1 aromatic heterocycles. The van der Waals surface area contributed by atoms with Gasteiger partial charge in [0, 0.05) is 6.07 Å². The third-order valence-corrected chi connectivity index (χ3v) is 3.75. The summed E-state index contributed by atoms with van der Waals surface area (Å²) >= 11 is 0. The molecular weight excluding hydrogens is 333 g/mol. The molecule has 2 aromatic rings. The van der Waals surface area contributed by atoms with E-state index >= 15 is 0 Å². The number of rotatable bonds is 3. The molecule has 25 heavy (non-hydrogen) atoms. The van der Waals surface area contributed by atoms with Crippen LogP contribution >= 0.6 is 0 Å². The minimum Gasteiger partial charge on any atom is -0.465 e. The maximum atomic E-state index is 13.7. The van der Waals surface area contributed by atoms with Crippen molar-refractivity contribution in [1.82, 2.24) is 0 Å². The highest BCUT2D eigenvalue weighted by molar-refractivity contribution is 5.92. The molecule has 8 heteroatoms. The van der Waals surface area contributed by atoms with E-state index in [1.807, 2.05) is 0 Å². The van der Waals surface area contributed by atoms with Crippen molar-refractivity contribution in [3.05, 3.63) is 74.9 Å². The Labute approximate surface area is 141 Å². The third-order valence-electron chi connectivity index (χ3n) is 3.75. The molecule has 1 atom stereocenters. The fourth-order valence-corrected chi connectivity index (χ4v) is 2.69. The van der Waals surface area contributed by atoms with Crippen molar-refractivity contribution in [3.8, 4) is 5.75 Å². The fourth-order valence-electron chi connectivity index (χ4n) is 2.69. The largest absolute Gasteiger partial charge is 0.465 e. The van der Waals surface area contributed by atoms with E-state index in [0.717, 1.165) is 13.2 Å². The van der Waals surface area contributed by atoms with Gasteiger partial charge in [-0.25, -0.2) is 9.18 Å². The van der Waals surface area contributed by atoms with Gasteiger partial charge in [-0.3, -0.25) is 4.79 Å². The lowest BCUT2D eigenvalue weighted by Gasteiger charge is -2.26. The summed E-state index contributed by atoms with van der Waals surface area (Å²) in [6, 6.07) is 6.46. The number of hydrogen-bond acceptors (Lipinski definition) is 7. The van der Waals surface area contributed by atoms with E-state index in [1.54, 1.807) is 6.07 Å². The highest BCUT2D eigenvalue weighted by atomic mass is 19.1. The molecule has 1 aromatic carbocycles. The van der Waals surface area contributed by atoms with Crippen LogP contribution in [0, 0.1) is 5.82 Å². The van der Waals surface area contributed by atoms with Crippen molar-refractivity contribution in [2.45, 2.75) is 12.5 Å². The van der Waals surface area contributed by atoms with Crippen LogP contribution < -0.4 is 15.9 Å². The number of carbonyl (C=O) groups is 1. The molecular formula is C17H14FNO6. The van der Waals surface area contributed by atoms with E-state index in [4.69, 9.17) is 19.6 Å². The second kappa shape index (κ2) is 6.40.